The van der Waals surface area contributed by atoms with Crippen LogP contribution in [0.2, 0.25) is 0 Å². The van der Waals surface area contributed by atoms with Gasteiger partial charge in [-0.15, -0.1) is 0 Å². The lowest BCUT2D eigenvalue weighted by molar-refractivity contribution is -0.118. The number of carbonyl (C=O) groups is 1. The van der Waals surface area contributed by atoms with Crippen molar-refractivity contribution in [3.63, 3.8) is 0 Å². The van der Waals surface area contributed by atoms with Crippen LogP contribution >= 0.6 is 0 Å². The van der Waals surface area contributed by atoms with Gasteiger partial charge in [0.1, 0.15) is 17.4 Å². The fourth-order valence-corrected chi connectivity index (χ4v) is 1.30. The van der Waals surface area contributed by atoms with Gasteiger partial charge < -0.3 is 15.7 Å². The Balaban J connectivity index is 2.82. The van der Waals surface area contributed by atoms with Crippen molar-refractivity contribution in [2.45, 2.75) is 26.3 Å². The van der Waals surface area contributed by atoms with Gasteiger partial charge in [0.2, 0.25) is 0 Å². The molecular weight excluding hydrogens is 242 g/mol. The van der Waals surface area contributed by atoms with E-state index in [4.69, 9.17) is 5.26 Å². The van der Waals surface area contributed by atoms with E-state index in [0.29, 0.717) is 5.69 Å². The van der Waals surface area contributed by atoms with Gasteiger partial charge in [-0.3, -0.25) is 4.79 Å². The molecule has 0 heterocycles. The maximum Gasteiger partial charge on any atom is 0.263 e. The minimum Gasteiger partial charge on any atom is -0.506 e. The molecule has 0 saturated carbocycles. The minimum absolute atomic E-state index is 0.0484. The third-order valence-electron chi connectivity index (χ3n) is 2.13. The second kappa shape index (κ2) is 5.91. The molecule has 5 nitrogen and oxygen atoms in total. The Hall–Kier alpha value is -2.48. The lowest BCUT2D eigenvalue weighted by atomic mass is 10.1. The van der Waals surface area contributed by atoms with Crippen LogP contribution in [-0.2, 0) is 4.79 Å². The first kappa shape index (κ1) is 14.6. The molecule has 1 aromatic carbocycles. The highest BCUT2D eigenvalue weighted by atomic mass is 16.3. The second-order valence-corrected chi connectivity index (χ2v) is 5.04. The summed E-state index contributed by atoms with van der Waals surface area (Å²) >= 11 is 0. The van der Waals surface area contributed by atoms with E-state index in [1.165, 1.54) is 12.3 Å². The Morgan fingerprint density at radius 3 is 2.53 bits per heavy atom. The Morgan fingerprint density at radius 2 is 2.00 bits per heavy atom. The van der Waals surface area contributed by atoms with Gasteiger partial charge in [0, 0.05) is 11.7 Å². The van der Waals surface area contributed by atoms with Gasteiger partial charge in [-0.25, -0.2) is 0 Å². The van der Waals surface area contributed by atoms with Crippen molar-refractivity contribution in [2.24, 2.45) is 0 Å². The molecule has 0 bridgehead atoms. The van der Waals surface area contributed by atoms with Crippen LogP contribution in [0.4, 0.5) is 5.69 Å². The molecule has 0 saturated heterocycles. The zero-order chi connectivity index (χ0) is 14.5. The number of amides is 1. The Bertz CT molecular complexity index is 536. The van der Waals surface area contributed by atoms with E-state index in [2.05, 4.69) is 10.6 Å². The standard InChI is InChI=1S/C14H17N3O2/c1-14(2,3)17-13(19)10(8-15)9-16-11-6-4-5-7-12(11)18/h4-7,9,16,18H,1-3H3,(H,17,19)/b10-9-. The quantitative estimate of drug-likeness (QED) is 0.441. The lowest BCUT2D eigenvalue weighted by Gasteiger charge is -2.20. The van der Waals surface area contributed by atoms with Gasteiger partial charge in [0.05, 0.1) is 5.69 Å². The molecule has 0 aromatic heterocycles. The number of nitriles is 1. The van der Waals surface area contributed by atoms with E-state index in [1.54, 1.807) is 18.2 Å². The van der Waals surface area contributed by atoms with Gasteiger partial charge >= 0.3 is 0 Å². The first-order valence-electron chi connectivity index (χ1n) is 5.81. The largest absolute Gasteiger partial charge is 0.506 e. The van der Waals surface area contributed by atoms with Crippen molar-refractivity contribution < 1.29 is 9.90 Å². The van der Waals surface area contributed by atoms with Crippen molar-refractivity contribution in [2.75, 3.05) is 5.32 Å². The fourth-order valence-electron chi connectivity index (χ4n) is 1.30. The zero-order valence-electron chi connectivity index (χ0n) is 11.2. The van der Waals surface area contributed by atoms with Crippen LogP contribution in [-0.4, -0.2) is 16.6 Å². The SMILES string of the molecule is CC(C)(C)NC(=O)/C(C#N)=C\Nc1ccccc1O. The molecule has 1 rings (SSSR count). The van der Waals surface area contributed by atoms with Gasteiger partial charge in [0.25, 0.3) is 5.91 Å². The van der Waals surface area contributed by atoms with Crippen LogP contribution in [0.1, 0.15) is 20.8 Å². The van der Waals surface area contributed by atoms with Crippen molar-refractivity contribution in [1.82, 2.24) is 5.32 Å². The van der Waals surface area contributed by atoms with Gasteiger partial charge in [-0.05, 0) is 32.9 Å². The molecule has 1 amide bonds. The topological polar surface area (TPSA) is 85.2 Å². The number of hydrogen-bond acceptors (Lipinski definition) is 4. The molecule has 0 aliphatic heterocycles. The predicted molar refractivity (Wildman–Crippen MR) is 73.3 cm³/mol. The molecule has 1 aromatic rings. The number of para-hydroxylation sites is 2. The van der Waals surface area contributed by atoms with Crippen molar-refractivity contribution >= 4 is 11.6 Å². The monoisotopic (exact) mass is 259 g/mol. The number of phenols is 1. The van der Waals surface area contributed by atoms with Crippen LogP contribution in [0.5, 0.6) is 5.75 Å². The van der Waals surface area contributed by atoms with Crippen molar-refractivity contribution in [1.29, 1.82) is 5.26 Å². The Labute approximate surface area is 112 Å². The maximum absolute atomic E-state index is 11.8. The molecule has 0 fully saturated rings. The number of nitrogens with one attached hydrogen (secondary N) is 2. The molecule has 0 radical (unpaired) electrons. The highest BCUT2D eigenvalue weighted by Gasteiger charge is 2.17. The van der Waals surface area contributed by atoms with E-state index in [9.17, 15) is 9.90 Å². The molecule has 0 unspecified atom stereocenters. The number of hydrogen-bond donors (Lipinski definition) is 3. The summed E-state index contributed by atoms with van der Waals surface area (Å²) in [5.74, 6) is -0.412. The molecule has 0 spiro atoms. The summed E-state index contributed by atoms with van der Waals surface area (Å²) in [6.07, 6.45) is 1.27. The first-order valence-corrected chi connectivity index (χ1v) is 5.81. The predicted octanol–water partition coefficient (Wildman–Crippen LogP) is 2.13. The van der Waals surface area contributed by atoms with Crippen LogP contribution < -0.4 is 10.6 Å². The highest BCUT2D eigenvalue weighted by Crippen LogP contribution is 2.21. The summed E-state index contributed by atoms with van der Waals surface area (Å²) < 4.78 is 0. The average Bonchev–Trinajstić information content (AvgIpc) is 2.29. The number of anilines is 1. The smallest absolute Gasteiger partial charge is 0.263 e. The Kier molecular flexibility index (Phi) is 4.54. The molecule has 0 aliphatic carbocycles. The highest BCUT2D eigenvalue weighted by molar-refractivity contribution is 5.98. The van der Waals surface area contributed by atoms with Crippen LogP contribution in [0.3, 0.4) is 0 Å². The number of nitrogens with zero attached hydrogens (tertiary/aromatic N) is 1. The fraction of sp³-hybridized carbons (Fsp3) is 0.286. The minimum atomic E-state index is -0.460. The van der Waals surface area contributed by atoms with Gasteiger partial charge in [0.15, 0.2) is 0 Å². The number of rotatable bonds is 3. The summed E-state index contributed by atoms with van der Waals surface area (Å²) in [5, 5.41) is 23.9. The van der Waals surface area contributed by atoms with Crippen LogP contribution in [0.15, 0.2) is 36.0 Å². The number of benzene rings is 1. The number of aromatic hydroxyl groups is 1. The molecule has 0 atom stereocenters. The summed E-state index contributed by atoms with van der Waals surface area (Å²) in [5.41, 5.74) is -0.0426. The third kappa shape index (κ3) is 4.72. The normalized spacial score (nSPS) is 11.6. The summed E-state index contributed by atoms with van der Waals surface area (Å²) in [4.78, 5) is 11.8. The molecule has 19 heavy (non-hydrogen) atoms. The summed E-state index contributed by atoms with van der Waals surface area (Å²) in [6.45, 7) is 5.49. The van der Waals surface area contributed by atoms with Gasteiger partial charge in [-0.2, -0.15) is 5.26 Å². The van der Waals surface area contributed by atoms with E-state index in [1.807, 2.05) is 26.8 Å². The molecule has 0 aliphatic rings. The summed E-state index contributed by atoms with van der Waals surface area (Å²) in [6, 6.07) is 8.39. The van der Waals surface area contributed by atoms with Gasteiger partial charge in [-0.1, -0.05) is 12.1 Å². The molecule has 100 valence electrons. The average molecular weight is 259 g/mol. The molecular formula is C14H17N3O2. The summed E-state index contributed by atoms with van der Waals surface area (Å²) in [7, 11) is 0. The van der Waals surface area contributed by atoms with Crippen molar-refractivity contribution in [3.8, 4) is 11.8 Å². The van der Waals surface area contributed by atoms with E-state index >= 15 is 0 Å². The second-order valence-electron chi connectivity index (χ2n) is 5.04. The zero-order valence-corrected chi connectivity index (χ0v) is 11.2. The third-order valence-corrected chi connectivity index (χ3v) is 2.13. The number of carbonyl (C=O) groups excluding carboxylic acids is 1. The van der Waals surface area contributed by atoms with Crippen LogP contribution in [0, 0.1) is 11.3 Å². The van der Waals surface area contributed by atoms with Crippen molar-refractivity contribution in [3.05, 3.63) is 36.0 Å². The van der Waals surface area contributed by atoms with E-state index in [0.717, 1.165) is 0 Å². The first-order chi connectivity index (χ1) is 8.83. The van der Waals surface area contributed by atoms with Crippen LogP contribution in [0.25, 0.3) is 0 Å². The molecule has 5 heteroatoms. The maximum atomic E-state index is 11.8. The number of phenolic OH excluding ortho intramolecular Hbond substituents is 1. The van der Waals surface area contributed by atoms with E-state index in [-0.39, 0.29) is 11.3 Å². The Morgan fingerprint density at radius 1 is 1.37 bits per heavy atom. The lowest BCUT2D eigenvalue weighted by Crippen LogP contribution is -2.41. The molecule has 3 N–H and O–H groups in total. The van der Waals surface area contributed by atoms with E-state index < -0.39 is 11.4 Å².